The number of carboxylic acid groups (broad SMARTS) is 1. The second-order valence-electron chi connectivity index (χ2n) is 4.99. The van der Waals surface area contributed by atoms with Crippen molar-refractivity contribution in [3.05, 3.63) is 34.9 Å². The molecule has 1 amide bonds. The van der Waals surface area contributed by atoms with Crippen molar-refractivity contribution in [2.45, 2.75) is 40.2 Å². The van der Waals surface area contributed by atoms with E-state index in [-0.39, 0.29) is 11.8 Å². The molecular formula is C15H21NO3. The van der Waals surface area contributed by atoms with E-state index in [4.69, 9.17) is 0 Å². The number of hydrogen-bond donors (Lipinski definition) is 2. The number of nitrogens with one attached hydrogen (secondary N) is 1. The first-order valence-corrected chi connectivity index (χ1v) is 6.47. The SMILES string of the molecule is CCC(C)C(NC(=O)c1cc(C)ccc1C)C(=O)O. The van der Waals surface area contributed by atoms with Crippen molar-refractivity contribution in [2.24, 2.45) is 5.92 Å². The average molecular weight is 263 g/mol. The van der Waals surface area contributed by atoms with Crippen molar-refractivity contribution in [3.63, 3.8) is 0 Å². The molecule has 104 valence electrons. The predicted molar refractivity (Wildman–Crippen MR) is 74.3 cm³/mol. The molecule has 2 N–H and O–H groups in total. The molecule has 0 aromatic heterocycles. The van der Waals surface area contributed by atoms with Crippen LogP contribution in [-0.2, 0) is 4.79 Å². The van der Waals surface area contributed by atoms with E-state index in [0.29, 0.717) is 12.0 Å². The molecule has 4 heteroatoms. The highest BCUT2D eigenvalue weighted by Gasteiger charge is 2.26. The van der Waals surface area contributed by atoms with Gasteiger partial charge in [-0.25, -0.2) is 4.79 Å². The Balaban J connectivity index is 2.94. The molecule has 0 aliphatic heterocycles. The van der Waals surface area contributed by atoms with Gasteiger partial charge in [0, 0.05) is 5.56 Å². The zero-order chi connectivity index (χ0) is 14.6. The summed E-state index contributed by atoms with van der Waals surface area (Å²) in [4.78, 5) is 23.4. The molecule has 0 fully saturated rings. The van der Waals surface area contributed by atoms with Crippen molar-refractivity contribution in [1.82, 2.24) is 5.32 Å². The summed E-state index contributed by atoms with van der Waals surface area (Å²) in [5, 5.41) is 11.8. The van der Waals surface area contributed by atoms with Crippen LogP contribution < -0.4 is 5.32 Å². The monoisotopic (exact) mass is 263 g/mol. The van der Waals surface area contributed by atoms with Crippen molar-refractivity contribution in [3.8, 4) is 0 Å². The molecule has 0 saturated heterocycles. The fraction of sp³-hybridized carbons (Fsp3) is 0.467. The van der Waals surface area contributed by atoms with E-state index in [1.165, 1.54) is 0 Å². The van der Waals surface area contributed by atoms with Gasteiger partial charge in [0.15, 0.2) is 0 Å². The number of aliphatic carboxylic acids is 1. The molecule has 0 bridgehead atoms. The van der Waals surface area contributed by atoms with Crippen LogP contribution in [0.3, 0.4) is 0 Å². The van der Waals surface area contributed by atoms with Gasteiger partial charge in [0.05, 0.1) is 0 Å². The largest absolute Gasteiger partial charge is 0.480 e. The second-order valence-corrected chi connectivity index (χ2v) is 4.99. The van der Waals surface area contributed by atoms with Crippen LogP contribution in [0.4, 0.5) is 0 Å². The Labute approximate surface area is 113 Å². The first-order valence-electron chi connectivity index (χ1n) is 6.47. The van der Waals surface area contributed by atoms with Gasteiger partial charge in [-0.3, -0.25) is 4.79 Å². The van der Waals surface area contributed by atoms with Gasteiger partial charge >= 0.3 is 5.97 Å². The van der Waals surface area contributed by atoms with Gasteiger partial charge in [-0.05, 0) is 31.4 Å². The summed E-state index contributed by atoms with van der Waals surface area (Å²) in [5.74, 6) is -1.42. The Hall–Kier alpha value is -1.84. The summed E-state index contributed by atoms with van der Waals surface area (Å²) in [6, 6.07) is 4.72. The average Bonchev–Trinajstić information content (AvgIpc) is 2.37. The molecule has 0 aliphatic carbocycles. The summed E-state index contributed by atoms with van der Waals surface area (Å²) in [5.41, 5.74) is 2.36. The number of rotatable bonds is 5. The van der Waals surface area contributed by atoms with Crippen molar-refractivity contribution >= 4 is 11.9 Å². The number of carbonyl (C=O) groups is 2. The topological polar surface area (TPSA) is 66.4 Å². The molecule has 0 radical (unpaired) electrons. The van der Waals surface area contributed by atoms with Gasteiger partial charge in [-0.1, -0.05) is 38.0 Å². The van der Waals surface area contributed by atoms with Gasteiger partial charge in [-0.2, -0.15) is 0 Å². The molecule has 0 saturated carbocycles. The normalized spacial score (nSPS) is 13.7. The number of benzene rings is 1. The van der Waals surface area contributed by atoms with E-state index in [1.54, 1.807) is 6.07 Å². The molecule has 2 unspecified atom stereocenters. The molecule has 2 atom stereocenters. The quantitative estimate of drug-likeness (QED) is 0.858. The third-order valence-electron chi connectivity index (χ3n) is 3.40. The lowest BCUT2D eigenvalue weighted by Crippen LogP contribution is -2.45. The fourth-order valence-electron chi connectivity index (χ4n) is 1.88. The van der Waals surface area contributed by atoms with E-state index < -0.39 is 12.0 Å². The van der Waals surface area contributed by atoms with Gasteiger partial charge in [0.25, 0.3) is 5.91 Å². The van der Waals surface area contributed by atoms with Crippen LogP contribution in [0.2, 0.25) is 0 Å². The van der Waals surface area contributed by atoms with Crippen LogP contribution in [0.5, 0.6) is 0 Å². The zero-order valence-corrected chi connectivity index (χ0v) is 11.9. The Morgan fingerprint density at radius 1 is 1.32 bits per heavy atom. The first-order chi connectivity index (χ1) is 8.86. The maximum Gasteiger partial charge on any atom is 0.326 e. The first kappa shape index (κ1) is 15.2. The molecule has 1 aromatic carbocycles. The number of amides is 1. The molecule has 0 aliphatic rings. The Kier molecular flexibility index (Phi) is 5.10. The molecule has 0 heterocycles. The van der Waals surface area contributed by atoms with Crippen molar-refractivity contribution < 1.29 is 14.7 Å². The molecule has 1 rings (SSSR count). The smallest absolute Gasteiger partial charge is 0.326 e. The number of hydrogen-bond acceptors (Lipinski definition) is 2. The molecular weight excluding hydrogens is 242 g/mol. The zero-order valence-electron chi connectivity index (χ0n) is 11.9. The second kappa shape index (κ2) is 6.36. The van der Waals surface area contributed by atoms with Crippen LogP contribution in [0.25, 0.3) is 0 Å². The summed E-state index contributed by atoms with van der Waals surface area (Å²) in [6.45, 7) is 7.47. The summed E-state index contributed by atoms with van der Waals surface area (Å²) in [7, 11) is 0. The summed E-state index contributed by atoms with van der Waals surface area (Å²) >= 11 is 0. The van der Waals surface area contributed by atoms with Gasteiger partial charge < -0.3 is 10.4 Å². The van der Waals surface area contributed by atoms with Gasteiger partial charge in [-0.15, -0.1) is 0 Å². The van der Waals surface area contributed by atoms with Crippen LogP contribution in [0.1, 0.15) is 41.8 Å². The standard InChI is InChI=1S/C15H21NO3/c1-5-10(3)13(15(18)19)16-14(17)12-8-9(2)6-7-11(12)4/h6-8,10,13H,5H2,1-4H3,(H,16,17)(H,18,19). The highest BCUT2D eigenvalue weighted by atomic mass is 16.4. The van der Waals surface area contributed by atoms with E-state index in [1.807, 2.05) is 39.8 Å². The van der Waals surface area contributed by atoms with Crippen LogP contribution in [0.15, 0.2) is 18.2 Å². The lowest BCUT2D eigenvalue weighted by atomic mass is 9.98. The highest BCUT2D eigenvalue weighted by Crippen LogP contribution is 2.13. The molecule has 1 aromatic rings. The lowest BCUT2D eigenvalue weighted by Gasteiger charge is -2.20. The maximum absolute atomic E-state index is 12.2. The lowest BCUT2D eigenvalue weighted by molar-refractivity contribution is -0.140. The van der Waals surface area contributed by atoms with Crippen LogP contribution in [0, 0.1) is 19.8 Å². The Bertz CT molecular complexity index is 482. The third kappa shape index (κ3) is 3.81. The van der Waals surface area contributed by atoms with Gasteiger partial charge in [0.2, 0.25) is 0 Å². The summed E-state index contributed by atoms with van der Waals surface area (Å²) < 4.78 is 0. The minimum Gasteiger partial charge on any atom is -0.480 e. The van der Waals surface area contributed by atoms with Crippen LogP contribution >= 0.6 is 0 Å². The van der Waals surface area contributed by atoms with E-state index in [0.717, 1.165) is 11.1 Å². The van der Waals surface area contributed by atoms with Crippen molar-refractivity contribution in [1.29, 1.82) is 0 Å². The molecule has 0 spiro atoms. The van der Waals surface area contributed by atoms with E-state index in [9.17, 15) is 14.7 Å². The van der Waals surface area contributed by atoms with E-state index in [2.05, 4.69) is 5.32 Å². The summed E-state index contributed by atoms with van der Waals surface area (Å²) in [6.07, 6.45) is 0.698. The third-order valence-corrected chi connectivity index (χ3v) is 3.40. The number of carbonyl (C=O) groups excluding carboxylic acids is 1. The number of carboxylic acids is 1. The maximum atomic E-state index is 12.2. The van der Waals surface area contributed by atoms with Gasteiger partial charge in [0.1, 0.15) is 6.04 Å². The minimum atomic E-state index is -0.993. The van der Waals surface area contributed by atoms with Crippen LogP contribution in [-0.4, -0.2) is 23.0 Å². The number of aryl methyl sites for hydroxylation is 2. The van der Waals surface area contributed by atoms with E-state index >= 15 is 0 Å². The predicted octanol–water partition coefficient (Wildman–Crippen LogP) is 2.53. The molecule has 19 heavy (non-hydrogen) atoms. The molecule has 4 nitrogen and oxygen atoms in total. The van der Waals surface area contributed by atoms with Crippen molar-refractivity contribution in [2.75, 3.05) is 0 Å². The minimum absolute atomic E-state index is 0.105. The fourth-order valence-corrected chi connectivity index (χ4v) is 1.88. The highest BCUT2D eigenvalue weighted by molar-refractivity contribution is 5.98. The Morgan fingerprint density at radius 2 is 1.95 bits per heavy atom. The Morgan fingerprint density at radius 3 is 2.47 bits per heavy atom.